The van der Waals surface area contributed by atoms with Crippen LogP contribution in [0.25, 0.3) is 0 Å². The Hall–Kier alpha value is 2.20. The van der Waals surface area contributed by atoms with E-state index >= 15 is 0 Å². The first-order valence-corrected chi connectivity index (χ1v) is 16.3. The summed E-state index contributed by atoms with van der Waals surface area (Å²) in [6.45, 7) is 22.2. The van der Waals surface area contributed by atoms with Gasteiger partial charge in [-0.25, -0.2) is 0 Å². The average Bonchev–Trinajstić information content (AvgIpc) is 1.90. The summed E-state index contributed by atoms with van der Waals surface area (Å²) >= 11 is 4.14. The molecule has 0 bridgehead atoms. The predicted octanol–water partition coefficient (Wildman–Crippen LogP) is 8.29. The molecule has 1 aliphatic heterocycles. The Kier molecular flexibility index (Phi) is 5.27. The van der Waals surface area contributed by atoms with Gasteiger partial charge in [0, 0.05) is 6.00 Å². The summed E-state index contributed by atoms with van der Waals surface area (Å²) in [4.78, 5) is 0. The van der Waals surface area contributed by atoms with Crippen molar-refractivity contribution >= 4 is 43.4 Å². The third-order valence-electron chi connectivity index (χ3n) is 2.47. The molecule has 0 nitrogen and oxygen atoms in total. The molecular formula is C12H27BrP4. The fourth-order valence-corrected chi connectivity index (χ4v) is 69.4. The van der Waals surface area contributed by atoms with Crippen molar-refractivity contribution in [2.45, 2.75) is 77.8 Å². The van der Waals surface area contributed by atoms with E-state index in [9.17, 15) is 0 Å². The van der Waals surface area contributed by atoms with Gasteiger partial charge in [0.1, 0.15) is 0 Å². The van der Waals surface area contributed by atoms with Crippen LogP contribution >= 0.6 is 43.4 Å². The molecule has 1 heterocycles. The van der Waals surface area contributed by atoms with E-state index in [1.165, 1.54) is 0 Å². The van der Waals surface area contributed by atoms with Crippen LogP contribution in [0, 0.1) is 0 Å². The van der Waals surface area contributed by atoms with Gasteiger partial charge < -0.3 is 0 Å². The number of hydrogen-bond acceptors (Lipinski definition) is 0. The molecule has 2 atom stereocenters. The highest BCUT2D eigenvalue weighted by atomic mass is 79.9. The van der Waals surface area contributed by atoms with Crippen molar-refractivity contribution in [1.29, 1.82) is 0 Å². The highest BCUT2D eigenvalue weighted by Crippen LogP contribution is 3.27. The van der Waals surface area contributed by atoms with Crippen LogP contribution in [0.2, 0.25) is 0 Å². The fourth-order valence-electron chi connectivity index (χ4n) is 1.90. The van der Waals surface area contributed by atoms with Gasteiger partial charge in [-0.2, -0.15) is 0 Å². The van der Waals surface area contributed by atoms with Crippen LogP contribution < -0.4 is 0 Å². The monoisotopic (exact) mass is 374 g/mol. The highest BCUT2D eigenvalue weighted by molar-refractivity contribution is 9.59. The topological polar surface area (TPSA) is 0 Å². The number of rotatable bonds is 0. The summed E-state index contributed by atoms with van der Waals surface area (Å²) in [7, 11) is 0.670. The highest BCUT2D eigenvalue weighted by Gasteiger charge is 2.60. The van der Waals surface area contributed by atoms with E-state index in [1.54, 1.807) is 0 Å². The Morgan fingerprint density at radius 2 is 0.765 bits per heavy atom. The molecule has 0 aromatic carbocycles. The van der Waals surface area contributed by atoms with Gasteiger partial charge in [0.25, 0.3) is 0 Å². The van der Waals surface area contributed by atoms with Crippen molar-refractivity contribution in [2.24, 2.45) is 0 Å². The maximum Gasteiger partial charge on any atom is 0.0245 e. The zero-order valence-corrected chi connectivity index (χ0v) is 17.8. The third-order valence-corrected chi connectivity index (χ3v) is 50.3. The Balaban J connectivity index is 3.07. The standard InChI is InChI=1S/C12H27BrP4/c1-10(2,3)14-15(11(4,5)6)17(13)16(14)12(7,8)9/h1-9H3. The molecule has 1 rings (SSSR count). The molecule has 102 valence electrons. The molecule has 0 spiro atoms. The molecule has 0 aromatic heterocycles. The molecule has 5 heteroatoms. The molecule has 0 aromatic rings. The fraction of sp³-hybridized carbons (Fsp3) is 1.00. The van der Waals surface area contributed by atoms with E-state index in [1.807, 2.05) is 0 Å². The second kappa shape index (κ2) is 5.19. The van der Waals surface area contributed by atoms with Crippen LogP contribution in [0.5, 0.6) is 0 Å². The first kappa shape index (κ1) is 17.3. The first-order chi connectivity index (χ1) is 7.28. The summed E-state index contributed by atoms with van der Waals surface area (Å²) in [6, 6.07) is 0.147. The molecule has 2 unspecified atom stereocenters. The molecular weight excluding hydrogens is 348 g/mol. The van der Waals surface area contributed by atoms with Gasteiger partial charge in [0.2, 0.25) is 0 Å². The second-order valence-electron chi connectivity index (χ2n) is 7.62. The van der Waals surface area contributed by atoms with Gasteiger partial charge >= 0.3 is 0 Å². The van der Waals surface area contributed by atoms with Crippen molar-refractivity contribution in [3.8, 4) is 0 Å². The van der Waals surface area contributed by atoms with E-state index in [2.05, 4.69) is 77.8 Å². The summed E-state index contributed by atoms with van der Waals surface area (Å²) in [5, 5.41) is 1.61. The van der Waals surface area contributed by atoms with Crippen molar-refractivity contribution in [3.05, 3.63) is 0 Å². The largest absolute Gasteiger partial charge is 0.0555 e. The van der Waals surface area contributed by atoms with Gasteiger partial charge in [0.15, 0.2) is 0 Å². The minimum Gasteiger partial charge on any atom is -0.0555 e. The number of hydrogen-bond donors (Lipinski definition) is 0. The van der Waals surface area contributed by atoms with Crippen molar-refractivity contribution in [3.63, 3.8) is 0 Å². The van der Waals surface area contributed by atoms with Gasteiger partial charge in [-0.1, -0.05) is 62.3 Å². The second-order valence-corrected chi connectivity index (χ2v) is 32.7. The summed E-state index contributed by atoms with van der Waals surface area (Å²) < 4.78 is 0. The lowest BCUT2D eigenvalue weighted by Gasteiger charge is -2.63. The van der Waals surface area contributed by atoms with E-state index in [4.69, 9.17) is 0 Å². The van der Waals surface area contributed by atoms with Crippen molar-refractivity contribution in [2.75, 3.05) is 0 Å². The molecule has 0 aliphatic carbocycles. The van der Waals surface area contributed by atoms with Crippen molar-refractivity contribution in [1.82, 2.24) is 0 Å². The van der Waals surface area contributed by atoms with E-state index in [-0.39, 0.29) is 27.9 Å². The third kappa shape index (κ3) is 3.64. The Morgan fingerprint density at radius 1 is 0.529 bits per heavy atom. The van der Waals surface area contributed by atoms with Gasteiger partial charge in [-0.15, -0.1) is 0 Å². The SMILES string of the molecule is CC(C)(C)P1P(Br)P(C(C)(C)C)P1C(C)(C)C. The van der Waals surface area contributed by atoms with E-state index < -0.39 is 0 Å². The van der Waals surface area contributed by atoms with Crippen LogP contribution in [-0.4, -0.2) is 15.5 Å². The quantitative estimate of drug-likeness (QED) is 0.374. The van der Waals surface area contributed by atoms with E-state index in [0.29, 0.717) is 15.5 Å². The lowest BCUT2D eigenvalue weighted by molar-refractivity contribution is 0.776. The van der Waals surface area contributed by atoms with Gasteiger partial charge in [0.05, 0.1) is 0 Å². The maximum atomic E-state index is 4.14. The molecule has 0 saturated carbocycles. The summed E-state index contributed by atoms with van der Waals surface area (Å²) in [5.41, 5.74) is 0. The Labute approximate surface area is 121 Å². The molecule has 17 heavy (non-hydrogen) atoms. The smallest absolute Gasteiger partial charge is 0.0245 e. The van der Waals surface area contributed by atoms with E-state index in [0.717, 1.165) is 0 Å². The first-order valence-electron chi connectivity index (χ1n) is 6.14. The van der Waals surface area contributed by atoms with Crippen LogP contribution in [0.1, 0.15) is 62.3 Å². The van der Waals surface area contributed by atoms with Crippen molar-refractivity contribution < 1.29 is 0 Å². The number of halogens is 1. The normalized spacial score (nSPS) is 35.6. The summed E-state index contributed by atoms with van der Waals surface area (Å²) in [5.74, 6) is 0. The van der Waals surface area contributed by atoms with Crippen LogP contribution in [0.4, 0.5) is 0 Å². The van der Waals surface area contributed by atoms with Crippen LogP contribution in [0.3, 0.4) is 0 Å². The summed E-state index contributed by atoms with van der Waals surface area (Å²) in [6.07, 6.45) is 0. The lowest BCUT2D eigenvalue weighted by Crippen LogP contribution is -2.24. The molecule has 0 radical (unpaired) electrons. The zero-order valence-electron chi connectivity index (χ0n) is 12.7. The maximum absolute atomic E-state index is 4.14. The van der Waals surface area contributed by atoms with Gasteiger partial charge in [-0.05, 0) is 52.9 Å². The molecule has 1 aliphatic rings. The molecule has 1 saturated heterocycles. The van der Waals surface area contributed by atoms with Crippen LogP contribution in [0.15, 0.2) is 0 Å². The molecule has 1 fully saturated rings. The minimum atomic E-state index is 0.147. The van der Waals surface area contributed by atoms with Crippen LogP contribution in [-0.2, 0) is 0 Å². The molecule has 0 amide bonds. The lowest BCUT2D eigenvalue weighted by atomic mass is 10.3. The zero-order chi connectivity index (χ0) is 13.8. The Morgan fingerprint density at radius 3 is 0.941 bits per heavy atom. The molecule has 0 N–H and O–H groups in total. The Bertz CT molecular complexity index is 262. The predicted molar refractivity (Wildman–Crippen MR) is 95.9 cm³/mol. The van der Waals surface area contributed by atoms with Gasteiger partial charge in [-0.3, -0.25) is 0 Å². The average molecular weight is 375 g/mol. The minimum absolute atomic E-state index is 0.147.